The molecule has 0 atom stereocenters. The summed E-state index contributed by atoms with van der Waals surface area (Å²) in [6, 6.07) is 46.6. The van der Waals surface area contributed by atoms with E-state index in [0.717, 1.165) is 104 Å². The van der Waals surface area contributed by atoms with Crippen molar-refractivity contribution >= 4 is 87.5 Å². The number of rotatable bonds is 2. The van der Waals surface area contributed by atoms with E-state index in [2.05, 4.69) is 134 Å². The van der Waals surface area contributed by atoms with Crippen LogP contribution in [-0.2, 0) is 0 Å². The molecule has 0 bridgehead atoms. The lowest BCUT2D eigenvalue weighted by Crippen LogP contribution is -1.87. The number of hydrogen-bond acceptors (Lipinski definition) is 4. The molecule has 4 heterocycles. The lowest BCUT2D eigenvalue weighted by Gasteiger charge is -2.05. The Kier molecular flexibility index (Phi) is 5.01. The molecule has 48 heavy (non-hydrogen) atoms. The quantitative estimate of drug-likeness (QED) is 0.194. The van der Waals surface area contributed by atoms with E-state index in [1.807, 2.05) is 6.07 Å². The van der Waals surface area contributed by atoms with Crippen LogP contribution >= 0.6 is 0 Å². The molecule has 11 aromatic rings. The number of pyridine rings is 1. The zero-order valence-electron chi connectivity index (χ0n) is 25.9. The number of furan rings is 3. The van der Waals surface area contributed by atoms with Crippen molar-refractivity contribution in [1.29, 1.82) is 0 Å². The zero-order chi connectivity index (χ0) is 31.5. The third-order valence-corrected chi connectivity index (χ3v) is 10.0. The molecule has 0 amide bonds. The lowest BCUT2D eigenvalue weighted by atomic mass is 9.99. The average Bonchev–Trinajstić information content (AvgIpc) is 3.83. The van der Waals surface area contributed by atoms with Crippen molar-refractivity contribution in [1.82, 2.24) is 4.98 Å². The van der Waals surface area contributed by atoms with Gasteiger partial charge in [-0.25, -0.2) is 4.98 Å². The molecule has 4 aromatic heterocycles. The smallest absolute Gasteiger partial charge is 0.228 e. The van der Waals surface area contributed by atoms with Crippen molar-refractivity contribution in [3.63, 3.8) is 0 Å². The van der Waals surface area contributed by atoms with Crippen molar-refractivity contribution in [2.75, 3.05) is 0 Å². The van der Waals surface area contributed by atoms with E-state index < -0.39 is 0 Å². The maximum absolute atomic E-state index is 6.66. The summed E-state index contributed by atoms with van der Waals surface area (Å²) in [5.41, 5.74) is 9.95. The highest BCUT2D eigenvalue weighted by Gasteiger charge is 2.20. The van der Waals surface area contributed by atoms with Gasteiger partial charge in [-0.3, -0.25) is 0 Å². The van der Waals surface area contributed by atoms with Crippen LogP contribution in [0.15, 0.2) is 147 Å². The Hall–Kier alpha value is -6.39. The Morgan fingerprint density at radius 1 is 0.438 bits per heavy atom. The molecular formula is C44H25NO3. The van der Waals surface area contributed by atoms with Gasteiger partial charge in [-0.15, -0.1) is 0 Å². The van der Waals surface area contributed by atoms with Gasteiger partial charge in [0.15, 0.2) is 0 Å². The van der Waals surface area contributed by atoms with Crippen LogP contribution < -0.4 is 0 Å². The minimum atomic E-state index is 0.615. The van der Waals surface area contributed by atoms with Gasteiger partial charge in [-0.2, -0.15) is 0 Å². The molecule has 0 aliphatic carbocycles. The van der Waals surface area contributed by atoms with E-state index in [0.29, 0.717) is 5.71 Å². The fourth-order valence-electron chi connectivity index (χ4n) is 7.75. The Morgan fingerprint density at radius 3 is 1.71 bits per heavy atom. The largest absolute Gasteiger partial charge is 0.455 e. The second-order valence-electron chi connectivity index (χ2n) is 12.7. The normalized spacial score (nSPS) is 12.3. The van der Waals surface area contributed by atoms with Gasteiger partial charge in [0, 0.05) is 48.8 Å². The van der Waals surface area contributed by atoms with Gasteiger partial charge in [0.2, 0.25) is 5.71 Å². The molecule has 0 N–H and O–H groups in total. The maximum atomic E-state index is 6.66. The molecule has 7 aromatic carbocycles. The summed E-state index contributed by atoms with van der Waals surface area (Å²) in [6.45, 7) is 2.13. The van der Waals surface area contributed by atoms with Crippen LogP contribution in [0, 0.1) is 6.92 Å². The number of para-hydroxylation sites is 2. The van der Waals surface area contributed by atoms with Gasteiger partial charge in [0.1, 0.15) is 27.9 Å². The van der Waals surface area contributed by atoms with Crippen molar-refractivity contribution in [2.45, 2.75) is 6.92 Å². The number of aromatic nitrogens is 1. The molecule has 0 unspecified atom stereocenters. The first-order valence-electron chi connectivity index (χ1n) is 16.2. The third kappa shape index (κ3) is 3.46. The molecule has 0 fully saturated rings. The molecule has 0 radical (unpaired) electrons. The zero-order valence-corrected chi connectivity index (χ0v) is 25.9. The Morgan fingerprint density at radius 2 is 1.02 bits per heavy atom. The minimum Gasteiger partial charge on any atom is -0.455 e. The summed E-state index contributed by atoms with van der Waals surface area (Å²) in [7, 11) is 0. The van der Waals surface area contributed by atoms with Crippen LogP contribution in [0.2, 0.25) is 0 Å². The molecular weight excluding hydrogens is 590 g/mol. The highest BCUT2D eigenvalue weighted by atomic mass is 16.3. The molecule has 0 aliphatic rings. The highest BCUT2D eigenvalue weighted by molar-refractivity contribution is 6.19. The molecule has 0 aliphatic heterocycles. The van der Waals surface area contributed by atoms with E-state index in [-0.39, 0.29) is 0 Å². The summed E-state index contributed by atoms with van der Waals surface area (Å²) in [6.07, 6.45) is 0. The predicted molar refractivity (Wildman–Crippen MR) is 197 cm³/mol. The Balaban J connectivity index is 1.09. The van der Waals surface area contributed by atoms with Crippen LogP contribution in [0.3, 0.4) is 0 Å². The monoisotopic (exact) mass is 615 g/mol. The van der Waals surface area contributed by atoms with Gasteiger partial charge in [0.05, 0.1) is 11.1 Å². The van der Waals surface area contributed by atoms with E-state index in [1.165, 1.54) is 5.39 Å². The third-order valence-electron chi connectivity index (χ3n) is 10.0. The first kappa shape index (κ1) is 25.8. The van der Waals surface area contributed by atoms with Gasteiger partial charge in [-0.05, 0) is 65.2 Å². The second kappa shape index (κ2) is 9.34. The topological polar surface area (TPSA) is 52.3 Å². The van der Waals surface area contributed by atoms with Crippen LogP contribution in [0.1, 0.15) is 5.56 Å². The Bertz CT molecular complexity index is 3140. The number of benzene rings is 7. The van der Waals surface area contributed by atoms with Gasteiger partial charge in [-0.1, -0.05) is 97.1 Å². The molecule has 224 valence electrons. The predicted octanol–water partition coefficient (Wildman–Crippen LogP) is 12.7. The van der Waals surface area contributed by atoms with E-state index in [1.54, 1.807) is 0 Å². The standard InChI is InChI=1S/C44H25NO3/c1-24-22-37(35-15-7-14-32-34-20-17-26-9-3-5-11-29(26)41(34)48-43(32)35)45-44-39(24)36-23-27(18-21-38(36)46-44)30-12-6-13-31-33-19-16-25-8-2-4-10-28(25)40(33)47-42(30)31/h2-23H,1H3. The number of hydrogen-bond donors (Lipinski definition) is 0. The van der Waals surface area contributed by atoms with Crippen LogP contribution in [-0.4, -0.2) is 4.98 Å². The molecule has 4 heteroatoms. The van der Waals surface area contributed by atoms with Gasteiger partial charge < -0.3 is 13.3 Å². The lowest BCUT2D eigenvalue weighted by molar-refractivity contribution is 0.654. The fourth-order valence-corrected chi connectivity index (χ4v) is 7.75. The van der Waals surface area contributed by atoms with Gasteiger partial charge >= 0.3 is 0 Å². The summed E-state index contributed by atoms with van der Waals surface area (Å²) in [4.78, 5) is 5.09. The number of aryl methyl sites for hydroxylation is 1. The van der Waals surface area contributed by atoms with Crippen molar-refractivity contribution in [2.24, 2.45) is 0 Å². The summed E-state index contributed by atoms with van der Waals surface area (Å²) < 4.78 is 19.7. The molecule has 11 rings (SSSR count). The minimum absolute atomic E-state index is 0.615. The fraction of sp³-hybridized carbons (Fsp3) is 0.0227. The molecule has 0 spiro atoms. The summed E-state index contributed by atoms with van der Waals surface area (Å²) >= 11 is 0. The summed E-state index contributed by atoms with van der Waals surface area (Å²) in [5.74, 6) is 0. The van der Waals surface area contributed by atoms with E-state index in [4.69, 9.17) is 18.2 Å². The van der Waals surface area contributed by atoms with Crippen molar-refractivity contribution in [3.8, 4) is 22.4 Å². The van der Waals surface area contributed by atoms with Crippen LogP contribution in [0.25, 0.3) is 110 Å². The van der Waals surface area contributed by atoms with Crippen LogP contribution in [0.4, 0.5) is 0 Å². The maximum Gasteiger partial charge on any atom is 0.228 e. The van der Waals surface area contributed by atoms with Gasteiger partial charge in [0.25, 0.3) is 0 Å². The first-order chi connectivity index (χ1) is 23.7. The Labute approximate surface area is 273 Å². The summed E-state index contributed by atoms with van der Waals surface area (Å²) in [5, 5.41) is 11.0. The molecule has 0 saturated carbocycles. The number of nitrogens with zero attached hydrogens (tertiary/aromatic N) is 1. The number of fused-ring (bicyclic) bond motifs is 13. The van der Waals surface area contributed by atoms with E-state index >= 15 is 0 Å². The first-order valence-corrected chi connectivity index (χ1v) is 16.2. The van der Waals surface area contributed by atoms with E-state index in [9.17, 15) is 0 Å². The van der Waals surface area contributed by atoms with Crippen LogP contribution in [0.5, 0.6) is 0 Å². The average molecular weight is 616 g/mol. The van der Waals surface area contributed by atoms with Crippen molar-refractivity contribution in [3.05, 3.63) is 139 Å². The second-order valence-corrected chi connectivity index (χ2v) is 12.7. The molecule has 0 saturated heterocycles. The van der Waals surface area contributed by atoms with Crippen molar-refractivity contribution < 1.29 is 13.3 Å². The highest BCUT2D eigenvalue weighted by Crippen LogP contribution is 2.42. The SMILES string of the molecule is Cc1cc(-c2cccc3c2oc2c4ccccc4ccc32)nc2oc3ccc(-c4cccc5c4oc4c6ccccc6ccc54)cc3c12. The molecule has 4 nitrogen and oxygen atoms in total.